The summed E-state index contributed by atoms with van der Waals surface area (Å²) in [4.78, 5) is 64.0. The molecule has 0 aliphatic heterocycles. The van der Waals surface area contributed by atoms with E-state index in [2.05, 4.69) is 15.6 Å². The summed E-state index contributed by atoms with van der Waals surface area (Å²) in [7, 11) is 0. The van der Waals surface area contributed by atoms with Crippen LogP contribution in [0.2, 0.25) is 0 Å². The zero-order valence-electron chi connectivity index (χ0n) is 18.9. The average Bonchev–Trinajstić information content (AvgIpc) is 2.71. The molecule has 0 aliphatic carbocycles. The number of aliphatic carboxylic acids is 1. The lowest BCUT2D eigenvalue weighted by atomic mass is 10.1. The van der Waals surface area contributed by atoms with Crippen molar-refractivity contribution in [3.8, 4) is 0 Å². The van der Waals surface area contributed by atoms with Crippen LogP contribution < -0.4 is 38.9 Å². The number of nitrogens with zero attached hydrogens (tertiary/aromatic N) is 1. The summed E-state index contributed by atoms with van der Waals surface area (Å²) in [5.74, 6) is -5.63. The number of carbonyl (C=O) groups excluding carboxylic acids is 4. The van der Waals surface area contributed by atoms with Crippen molar-refractivity contribution in [1.82, 2.24) is 16.0 Å². The summed E-state index contributed by atoms with van der Waals surface area (Å²) < 4.78 is 0. The highest BCUT2D eigenvalue weighted by atomic mass is 16.4. The van der Waals surface area contributed by atoms with E-state index < -0.39 is 72.4 Å². The Morgan fingerprint density at radius 2 is 1.38 bits per heavy atom. The van der Waals surface area contributed by atoms with Crippen LogP contribution in [0.25, 0.3) is 0 Å². The van der Waals surface area contributed by atoms with Gasteiger partial charge >= 0.3 is 5.97 Å². The van der Waals surface area contributed by atoms with E-state index in [-0.39, 0.29) is 25.3 Å². The molecule has 14 N–H and O–H groups in total. The van der Waals surface area contributed by atoms with Crippen LogP contribution >= 0.6 is 0 Å². The number of carboxylic acids is 1. The van der Waals surface area contributed by atoms with Gasteiger partial charge in [-0.2, -0.15) is 0 Å². The topological polar surface area (TPSA) is 299 Å². The third-order valence-corrected chi connectivity index (χ3v) is 4.49. The summed E-state index contributed by atoms with van der Waals surface area (Å²) in [5.41, 5.74) is 21.2. The Morgan fingerprint density at radius 1 is 0.853 bits per heavy atom. The van der Waals surface area contributed by atoms with E-state index in [9.17, 15) is 34.2 Å². The first-order valence-electron chi connectivity index (χ1n) is 10.3. The Labute approximate surface area is 195 Å². The fourth-order valence-electron chi connectivity index (χ4n) is 2.58. The van der Waals surface area contributed by atoms with Crippen molar-refractivity contribution in [2.75, 3.05) is 6.54 Å². The van der Waals surface area contributed by atoms with Crippen LogP contribution in [0.1, 0.15) is 33.1 Å². The number of aliphatic hydroxyl groups excluding tert-OH is 2. The molecule has 4 amide bonds. The summed E-state index contributed by atoms with van der Waals surface area (Å²) >= 11 is 0. The quantitative estimate of drug-likeness (QED) is 0.0586. The van der Waals surface area contributed by atoms with Crippen molar-refractivity contribution in [3.63, 3.8) is 0 Å². The molecule has 0 aromatic heterocycles. The molecule has 0 aromatic rings. The number of guanidine groups is 1. The minimum Gasteiger partial charge on any atom is -0.480 e. The van der Waals surface area contributed by atoms with Crippen molar-refractivity contribution < 1.29 is 39.3 Å². The lowest BCUT2D eigenvalue weighted by Crippen LogP contribution is -2.59. The minimum absolute atomic E-state index is 0.0305. The molecule has 0 saturated heterocycles. The predicted molar refractivity (Wildman–Crippen MR) is 118 cm³/mol. The summed E-state index contributed by atoms with van der Waals surface area (Å²) in [6, 6.07) is -5.99. The lowest BCUT2D eigenvalue weighted by Gasteiger charge is -2.25. The Hall–Kier alpha value is -3.50. The number of hydrogen-bond acceptors (Lipinski definition) is 9. The van der Waals surface area contributed by atoms with Crippen LogP contribution in [0.5, 0.6) is 0 Å². The molecule has 0 bridgehead atoms. The molecular weight excluding hydrogens is 456 g/mol. The second-order valence-corrected chi connectivity index (χ2v) is 7.57. The molecule has 16 nitrogen and oxygen atoms in total. The monoisotopic (exact) mass is 490 g/mol. The van der Waals surface area contributed by atoms with Gasteiger partial charge in [-0.3, -0.25) is 24.2 Å². The van der Waals surface area contributed by atoms with Gasteiger partial charge in [0.05, 0.1) is 18.6 Å². The van der Waals surface area contributed by atoms with Gasteiger partial charge in [0, 0.05) is 6.54 Å². The van der Waals surface area contributed by atoms with E-state index >= 15 is 0 Å². The van der Waals surface area contributed by atoms with Crippen LogP contribution in [0, 0.1) is 0 Å². The number of aliphatic imine (C=N–C) groups is 1. The number of nitrogens with two attached hydrogens (primary N) is 4. The van der Waals surface area contributed by atoms with Crippen molar-refractivity contribution >= 4 is 35.6 Å². The fourth-order valence-corrected chi connectivity index (χ4v) is 2.58. The molecule has 0 heterocycles. The van der Waals surface area contributed by atoms with E-state index in [1.807, 2.05) is 5.32 Å². The highest BCUT2D eigenvalue weighted by Crippen LogP contribution is 2.04. The number of rotatable bonds is 15. The van der Waals surface area contributed by atoms with Gasteiger partial charge in [0.15, 0.2) is 12.0 Å². The summed E-state index contributed by atoms with van der Waals surface area (Å²) in [6.07, 6.45) is -3.25. The normalized spacial score (nSPS) is 16.0. The summed E-state index contributed by atoms with van der Waals surface area (Å²) in [6.45, 7) is 2.49. The maximum Gasteiger partial charge on any atom is 0.328 e. The Bertz CT molecular complexity index is 769. The van der Waals surface area contributed by atoms with Gasteiger partial charge in [-0.15, -0.1) is 0 Å². The molecule has 6 atom stereocenters. The number of aliphatic hydroxyl groups is 2. The number of primary amides is 1. The van der Waals surface area contributed by atoms with Crippen molar-refractivity contribution in [2.45, 2.75) is 69.5 Å². The molecule has 0 aromatic carbocycles. The predicted octanol–water partition coefficient (Wildman–Crippen LogP) is -5.46. The lowest BCUT2D eigenvalue weighted by molar-refractivity contribution is -0.145. The van der Waals surface area contributed by atoms with E-state index in [0.29, 0.717) is 0 Å². The van der Waals surface area contributed by atoms with Gasteiger partial charge in [-0.25, -0.2) is 4.79 Å². The van der Waals surface area contributed by atoms with Crippen molar-refractivity contribution in [1.29, 1.82) is 0 Å². The minimum atomic E-state index is -1.72. The van der Waals surface area contributed by atoms with E-state index in [0.717, 1.165) is 6.92 Å². The molecule has 194 valence electrons. The Kier molecular flexibility index (Phi) is 13.1. The number of hydrogen-bond donors (Lipinski definition) is 10. The second-order valence-electron chi connectivity index (χ2n) is 7.57. The Morgan fingerprint density at radius 3 is 1.82 bits per heavy atom. The standard InChI is InChI=1S/C18H34N8O8/c1-7(27)12(20)16(32)24-9(4-3-5-23-18(21)22)14(30)25-10(6-11(19)29)15(31)26-13(8(2)28)17(33)34/h7-10,12-13,27-28H,3-6,20H2,1-2H3,(H2,19,29)(H,24,32)(H,25,30)(H,26,31)(H,33,34)(H4,21,22,23). The van der Waals surface area contributed by atoms with Gasteiger partial charge in [-0.1, -0.05) is 0 Å². The van der Waals surface area contributed by atoms with Gasteiger partial charge < -0.3 is 54.2 Å². The molecule has 34 heavy (non-hydrogen) atoms. The van der Waals surface area contributed by atoms with Gasteiger partial charge in [0.25, 0.3) is 0 Å². The van der Waals surface area contributed by atoms with Crippen LogP contribution in [0.15, 0.2) is 4.99 Å². The summed E-state index contributed by atoms with van der Waals surface area (Å²) in [5, 5.41) is 34.7. The molecular formula is C18H34N8O8. The van der Waals surface area contributed by atoms with E-state index in [1.54, 1.807) is 0 Å². The highest BCUT2D eigenvalue weighted by molar-refractivity contribution is 5.96. The van der Waals surface area contributed by atoms with Crippen molar-refractivity contribution in [2.24, 2.45) is 27.9 Å². The zero-order chi connectivity index (χ0) is 26.6. The van der Waals surface area contributed by atoms with E-state index in [4.69, 9.17) is 28.0 Å². The van der Waals surface area contributed by atoms with E-state index in [1.165, 1.54) is 6.92 Å². The molecule has 6 unspecified atom stereocenters. The zero-order valence-corrected chi connectivity index (χ0v) is 18.9. The molecule has 0 spiro atoms. The van der Waals surface area contributed by atoms with Crippen LogP contribution in [-0.4, -0.2) is 93.8 Å². The molecule has 0 radical (unpaired) electrons. The fraction of sp³-hybridized carbons (Fsp3) is 0.667. The number of amides is 4. The maximum absolute atomic E-state index is 12.8. The van der Waals surface area contributed by atoms with Gasteiger partial charge in [0.2, 0.25) is 23.6 Å². The number of carboxylic acid groups (broad SMARTS) is 1. The van der Waals surface area contributed by atoms with Gasteiger partial charge in [-0.05, 0) is 26.7 Å². The molecule has 0 fully saturated rings. The third kappa shape index (κ3) is 11.4. The molecule has 0 aliphatic rings. The Balaban J connectivity index is 5.62. The first-order valence-corrected chi connectivity index (χ1v) is 10.3. The number of nitrogens with one attached hydrogen (secondary N) is 3. The number of carbonyl (C=O) groups is 5. The van der Waals surface area contributed by atoms with Crippen molar-refractivity contribution in [3.05, 3.63) is 0 Å². The first-order chi connectivity index (χ1) is 15.7. The molecule has 16 heteroatoms. The third-order valence-electron chi connectivity index (χ3n) is 4.49. The smallest absolute Gasteiger partial charge is 0.328 e. The molecule has 0 saturated carbocycles. The highest BCUT2D eigenvalue weighted by Gasteiger charge is 2.32. The largest absolute Gasteiger partial charge is 0.480 e. The average molecular weight is 491 g/mol. The van der Waals surface area contributed by atoms with Crippen LogP contribution in [-0.2, 0) is 24.0 Å². The van der Waals surface area contributed by atoms with Crippen LogP contribution in [0.4, 0.5) is 0 Å². The second kappa shape index (κ2) is 14.6. The first kappa shape index (κ1) is 30.5. The van der Waals surface area contributed by atoms with Crippen LogP contribution in [0.3, 0.4) is 0 Å². The maximum atomic E-state index is 12.8. The SMILES string of the molecule is CC(O)C(N)C(=O)NC(CCCN=C(N)N)C(=O)NC(CC(N)=O)C(=O)NC(C(=O)O)C(C)O. The van der Waals surface area contributed by atoms with Gasteiger partial charge in [0.1, 0.15) is 18.1 Å². The molecule has 0 rings (SSSR count).